The van der Waals surface area contributed by atoms with Gasteiger partial charge in [0.15, 0.2) is 6.29 Å². The molecule has 3 amide bonds. The number of carbonyl (C=O) groups is 5. The maximum Gasteiger partial charge on any atom is 1.00 e. The molecule has 36 heteroatoms. The largest absolute Gasteiger partial charge is 1.00 e. The van der Waals surface area contributed by atoms with E-state index in [-0.39, 0.29) is 193 Å². The molecule has 14 atom stereocenters. The molecule has 6 N–H and O–H groups in total. The Kier molecular flexibility index (Phi) is 36.7. The molecule has 4 aliphatic heterocycles. The number of ether oxygens (including phenoxy) is 6. The number of nitrogens with zero attached hydrogens (tertiary/aromatic N) is 5. The summed E-state index contributed by atoms with van der Waals surface area (Å²) in [6.45, 7) is 16.0. The number of carboxylic acid groups (broad SMARTS) is 2. The van der Waals surface area contributed by atoms with Crippen molar-refractivity contribution in [1.82, 2.24) is 24.8 Å². The van der Waals surface area contributed by atoms with Crippen LogP contribution in [0.3, 0.4) is 0 Å². The van der Waals surface area contributed by atoms with Crippen LogP contribution < -0.4 is 128 Å². The van der Waals surface area contributed by atoms with Gasteiger partial charge in [-0.25, -0.2) is 13.1 Å². The fourth-order valence-electron chi connectivity index (χ4n) is 8.57. The number of hydrogen-bond donors (Lipinski definition) is 5. The summed E-state index contributed by atoms with van der Waals surface area (Å²) in [6.07, 6.45) is -13.7. The average molecular weight is 1190 g/mol. The third kappa shape index (κ3) is 24.8. The summed E-state index contributed by atoms with van der Waals surface area (Å²) in [7, 11) is -8.03. The Morgan fingerprint density at radius 3 is 1.85 bits per heavy atom. The van der Waals surface area contributed by atoms with Gasteiger partial charge < -0.3 is 90.8 Å². The monoisotopic (exact) mass is 1190 g/mol. The minimum Gasteiger partial charge on any atom is -0.726 e. The third-order valence-electron chi connectivity index (χ3n) is 12.0. The van der Waals surface area contributed by atoms with Crippen LogP contribution in [0.5, 0.6) is 0 Å². The predicted octanol–water partition coefficient (Wildman–Crippen LogP) is -16.9. The van der Waals surface area contributed by atoms with Gasteiger partial charge in [-0.15, -0.1) is 17.7 Å². The first-order chi connectivity index (χ1) is 34.1. The van der Waals surface area contributed by atoms with Crippen molar-refractivity contribution in [3.8, 4) is 0 Å². The zero-order valence-electron chi connectivity index (χ0n) is 45.4. The Labute approximate surface area is 541 Å². The fraction of sp³-hybridized carbons (Fsp3) is 0.810. The molecule has 4 unspecified atom stereocenters. The van der Waals surface area contributed by atoms with Crippen LogP contribution in [0.15, 0.2) is 6.20 Å². The summed E-state index contributed by atoms with van der Waals surface area (Å²) in [4.78, 5) is 66.3. The quantitative estimate of drug-likeness (QED) is 0.0191. The minimum atomic E-state index is -4.92. The minimum absolute atomic E-state index is 0. The molecule has 78 heavy (non-hydrogen) atoms. The Bertz CT molecular complexity index is 2250. The van der Waals surface area contributed by atoms with Crippen LogP contribution in [-0.4, -0.2) is 211 Å². The molecule has 0 radical (unpaired) electrons. The van der Waals surface area contributed by atoms with Crippen molar-refractivity contribution in [2.24, 2.45) is 22.7 Å². The number of aliphatic hydroxyl groups is 4. The molecule has 5 rings (SSSR count). The van der Waals surface area contributed by atoms with Gasteiger partial charge in [-0.1, -0.05) is 52.8 Å². The Morgan fingerprint density at radius 1 is 0.808 bits per heavy atom. The number of carboxylic acids is 2. The number of likely N-dealkylation sites (tertiary alicyclic amines) is 1. The molecule has 30 nitrogen and oxygen atoms in total. The molecule has 1 aromatic rings. The van der Waals surface area contributed by atoms with Gasteiger partial charge in [0, 0.05) is 25.5 Å². The van der Waals surface area contributed by atoms with Crippen LogP contribution in [0.4, 0.5) is 0 Å². The average Bonchev–Trinajstić information content (AvgIpc) is 3.98. The molecule has 1 aromatic heterocycles. The summed E-state index contributed by atoms with van der Waals surface area (Å²) in [6, 6.07) is -1.62. The van der Waals surface area contributed by atoms with Gasteiger partial charge in [0.2, 0.25) is 28.1 Å². The van der Waals surface area contributed by atoms with E-state index in [9.17, 15) is 54.6 Å². The molecule has 4 saturated heterocycles. The van der Waals surface area contributed by atoms with Crippen molar-refractivity contribution in [3.63, 3.8) is 0 Å². The van der Waals surface area contributed by atoms with Crippen LogP contribution in [0, 0.1) is 29.6 Å². The number of rotatable bonds is 21. The van der Waals surface area contributed by atoms with Crippen molar-refractivity contribution in [1.29, 1.82) is 0 Å². The molecule has 0 bridgehead atoms. The fourth-order valence-corrected chi connectivity index (χ4v) is 8.57. The van der Waals surface area contributed by atoms with Crippen molar-refractivity contribution >= 4 is 50.7 Å². The summed E-state index contributed by atoms with van der Waals surface area (Å²) < 4.78 is 93.0. The Morgan fingerprint density at radius 2 is 1.35 bits per heavy atom. The number of carbonyl (C=O) groups excluding carboxylic acids is 5. The van der Waals surface area contributed by atoms with E-state index in [1.165, 1.54) is 14.5 Å². The molecule has 0 aromatic carbocycles. The summed E-state index contributed by atoms with van der Waals surface area (Å²) in [5, 5.41) is 72.6. The predicted molar refractivity (Wildman–Crippen MR) is 238 cm³/mol. The van der Waals surface area contributed by atoms with Crippen molar-refractivity contribution in [3.05, 3.63) is 24.5 Å². The first-order valence-electron chi connectivity index (χ1n) is 23.1. The maximum absolute atomic E-state index is 13.7. The van der Waals surface area contributed by atoms with Gasteiger partial charge in [-0.3, -0.25) is 23.8 Å². The third-order valence-corrected chi connectivity index (χ3v) is 12.0. The van der Waals surface area contributed by atoms with Crippen molar-refractivity contribution in [2.75, 3.05) is 32.9 Å². The van der Waals surface area contributed by atoms with Gasteiger partial charge in [0.25, 0.3) is 0 Å². The second-order valence-electron chi connectivity index (χ2n) is 19.8. The normalized spacial score (nSPS) is 28.6. The van der Waals surface area contributed by atoms with Crippen LogP contribution in [0.25, 0.3) is 5.73 Å². The van der Waals surface area contributed by atoms with E-state index in [0.29, 0.717) is 25.0 Å². The molecule has 0 saturated carbocycles. The zero-order valence-corrected chi connectivity index (χ0v) is 55.0. The summed E-state index contributed by atoms with van der Waals surface area (Å²) >= 11 is 0. The second-order valence-corrected chi connectivity index (χ2v) is 21.1. The van der Waals surface area contributed by atoms with E-state index < -0.39 is 131 Å². The molecule has 0 aliphatic carbocycles. The zero-order chi connectivity index (χ0) is 56.2. The number of hydrogen-bond acceptors (Lipinski definition) is 25. The molecule has 424 valence electrons. The van der Waals surface area contributed by atoms with Crippen LogP contribution in [0.1, 0.15) is 79.3 Å². The molecule has 0 spiro atoms. The molecular weight excluding hydrogens is 1130 g/mol. The van der Waals surface area contributed by atoms with E-state index in [2.05, 4.69) is 17.2 Å². The van der Waals surface area contributed by atoms with Crippen LogP contribution in [-0.2, 0) is 86.5 Å². The molecular formula is C42H65N6Na4O24S2-. The number of fused-ring (bicyclic) bond motifs is 1. The molecule has 4 fully saturated rings. The number of amides is 3. The topological polar surface area (TPSA) is 457 Å². The van der Waals surface area contributed by atoms with Crippen molar-refractivity contribution < 1.29 is 231 Å². The standard InChI is InChI=1S/C42H66N6O17.4Na.H2O4S.O3S/c1-21-28(52)29(53)27(43)39(62-21)63-32-30(54)31(55)40(64-33(32)38(58)59)61-18-17-60-16-15-47-20-22(44-45-47)19-46(23(49)11-12-24(50)51)13-9-8-10-14-48-36(56)25-26(37(48)57)35(42(5,6)7)65-34(25)41(2,3)4;;;;;1-5(2,3)4;1-4(2)3/h20-21,25-35,39-40,43,52-55H,1,8-19H2,2-7H3,(H,50,51)(H,58,59);;;;;(H2,1,2,3,4);/q-2;4*+1;;/p-3/t21?,25-,26+,27?,28-,29-,30-,31?,32+,33?,34+,35-,39-,40-;;;;;;/m1....../s1. The maximum atomic E-state index is 13.7. The van der Waals surface area contributed by atoms with E-state index in [0.717, 1.165) is 0 Å². The Balaban J connectivity index is 0. The number of nitrogens with one attached hydrogen (secondary N) is 1. The number of aliphatic hydroxyl groups excluding tert-OH is 4. The second kappa shape index (κ2) is 35.9. The van der Waals surface area contributed by atoms with E-state index in [4.69, 9.17) is 64.3 Å². The van der Waals surface area contributed by atoms with Gasteiger partial charge in [-0.05, 0) is 42.6 Å². The molecule has 5 heterocycles. The summed E-state index contributed by atoms with van der Waals surface area (Å²) in [5.74, 6) is -5.14. The summed E-state index contributed by atoms with van der Waals surface area (Å²) in [5.41, 5.74) is 7.77. The van der Waals surface area contributed by atoms with Gasteiger partial charge >= 0.3 is 129 Å². The number of unbranched alkanes of at least 4 members (excludes halogenated alkanes) is 2. The smallest absolute Gasteiger partial charge is 0.726 e. The van der Waals surface area contributed by atoms with Gasteiger partial charge in [0.05, 0.1) is 81.3 Å². The van der Waals surface area contributed by atoms with E-state index in [1.54, 1.807) is 6.20 Å². The van der Waals surface area contributed by atoms with E-state index in [1.807, 2.05) is 41.5 Å². The van der Waals surface area contributed by atoms with Crippen molar-refractivity contribution in [2.45, 2.75) is 160 Å². The van der Waals surface area contributed by atoms with Gasteiger partial charge in [-0.2, -0.15) is 0 Å². The molecule has 4 aliphatic rings. The number of aromatic nitrogens is 3. The van der Waals surface area contributed by atoms with Crippen LogP contribution in [0.2, 0.25) is 0 Å². The first kappa shape index (κ1) is 79.8. The number of aliphatic carboxylic acids is 2. The Hall–Kier alpha value is -0.260. The van der Waals surface area contributed by atoms with Gasteiger partial charge in [0.1, 0.15) is 36.4 Å². The number of imide groups is 1. The first-order valence-corrected chi connectivity index (χ1v) is 25.5. The van der Waals surface area contributed by atoms with E-state index >= 15 is 0 Å². The van der Waals surface area contributed by atoms with Crippen LogP contribution >= 0.6 is 0 Å². The SMILES string of the molecule is O=S(=O)([O-])O.O=S(=O)=O.[CH2-]C1O[C@H](O[C@@H]2C(C(=O)[O-])O[C@@H](OCCOCCn3cc(CN(CCCCCN4C(=O)[C@@H]5[C@H](C4=O)[C@H](C(C)(C)C)O[C@@H]5C(C)(C)C)C(=O)CCC(=O)[O-])nn3)C(O)[C@H]2O)C([NH-])[C@@H](O)[C@@H]1O.[Na+].[Na+].[Na+].[Na+].